The van der Waals surface area contributed by atoms with Crippen molar-refractivity contribution in [2.24, 2.45) is 0 Å². The van der Waals surface area contributed by atoms with E-state index in [0.29, 0.717) is 24.7 Å². The van der Waals surface area contributed by atoms with E-state index >= 15 is 0 Å². The van der Waals surface area contributed by atoms with Gasteiger partial charge >= 0.3 is 6.03 Å². The maximum absolute atomic E-state index is 12.6. The van der Waals surface area contributed by atoms with Crippen LogP contribution in [0.2, 0.25) is 5.02 Å². The van der Waals surface area contributed by atoms with Crippen LogP contribution in [-0.4, -0.2) is 58.1 Å². The minimum Gasteiger partial charge on any atom is -0.364 e. The van der Waals surface area contributed by atoms with Crippen LogP contribution in [0, 0.1) is 0 Å². The number of carbonyl (C=O) groups is 2. The Bertz CT molecular complexity index is 1020. The zero-order valence-corrected chi connectivity index (χ0v) is 16.8. The molecule has 0 spiro atoms. The number of hydrogen-bond acceptors (Lipinski definition) is 4. The highest BCUT2D eigenvalue weighted by molar-refractivity contribution is 6.31. The molecular formula is C20H22ClN5O3. The number of likely N-dealkylation sites (tertiary alicyclic amines) is 1. The van der Waals surface area contributed by atoms with Gasteiger partial charge in [-0.3, -0.25) is 4.79 Å². The maximum Gasteiger partial charge on any atom is 0.317 e. The van der Waals surface area contributed by atoms with Gasteiger partial charge in [0.05, 0.1) is 12.6 Å². The third-order valence-corrected chi connectivity index (χ3v) is 5.51. The fourth-order valence-corrected chi connectivity index (χ4v) is 3.84. The van der Waals surface area contributed by atoms with Crippen molar-refractivity contribution in [1.82, 2.24) is 25.3 Å². The van der Waals surface area contributed by atoms with Gasteiger partial charge in [0.2, 0.25) is 0 Å². The lowest BCUT2D eigenvalue weighted by molar-refractivity contribution is 0.0626. The van der Waals surface area contributed by atoms with Gasteiger partial charge in [0.1, 0.15) is 6.26 Å². The summed E-state index contributed by atoms with van der Waals surface area (Å²) in [5, 5.41) is 8.33. The molecule has 1 unspecified atom stereocenters. The second-order valence-corrected chi connectivity index (χ2v) is 7.66. The molecule has 1 aliphatic heterocycles. The van der Waals surface area contributed by atoms with Gasteiger partial charge in [0.15, 0.2) is 5.69 Å². The van der Waals surface area contributed by atoms with Gasteiger partial charge in [0, 0.05) is 47.8 Å². The highest BCUT2D eigenvalue weighted by Gasteiger charge is 2.29. The van der Waals surface area contributed by atoms with Crippen LogP contribution in [0.15, 0.2) is 41.1 Å². The molecule has 2 N–H and O–H groups in total. The number of aromatic amines is 1. The van der Waals surface area contributed by atoms with Crippen LogP contribution in [0.4, 0.5) is 4.79 Å². The molecule has 29 heavy (non-hydrogen) atoms. The number of benzene rings is 1. The number of aromatic nitrogens is 2. The zero-order valence-electron chi connectivity index (χ0n) is 16.0. The fraction of sp³-hybridized carbons (Fsp3) is 0.350. The lowest BCUT2D eigenvalue weighted by atomic mass is 10.0. The second-order valence-electron chi connectivity index (χ2n) is 7.23. The number of nitrogens with zero attached hydrogens (tertiary/aromatic N) is 3. The van der Waals surface area contributed by atoms with Crippen LogP contribution >= 0.6 is 11.6 Å². The number of likely N-dealkylation sites (N-methyl/N-ethyl adjacent to an activating group) is 1. The van der Waals surface area contributed by atoms with Crippen LogP contribution < -0.4 is 5.32 Å². The van der Waals surface area contributed by atoms with Crippen LogP contribution in [0.5, 0.6) is 0 Å². The van der Waals surface area contributed by atoms with Crippen molar-refractivity contribution in [2.75, 3.05) is 20.1 Å². The van der Waals surface area contributed by atoms with Gasteiger partial charge in [0.25, 0.3) is 5.91 Å². The van der Waals surface area contributed by atoms with Gasteiger partial charge in [-0.05, 0) is 37.1 Å². The quantitative estimate of drug-likeness (QED) is 0.683. The number of H-pyrrole nitrogens is 1. The largest absolute Gasteiger partial charge is 0.364 e. The standard InChI is InChI=1S/C20H22ClN5O3/c1-25(16-3-2-7-26(12-16)19(27)18-6-8-29-24-18)20(28)22-11-15-10-13-9-14(21)4-5-17(13)23-15/h4-6,8-10,16,23H,2-3,7,11-12H2,1H3,(H,22,28). The molecule has 1 aromatic carbocycles. The number of amides is 3. The van der Waals surface area contributed by atoms with Gasteiger partial charge < -0.3 is 24.6 Å². The minimum absolute atomic E-state index is 0.0545. The second kappa shape index (κ2) is 8.16. The van der Waals surface area contributed by atoms with E-state index in [1.807, 2.05) is 24.3 Å². The number of hydrogen-bond donors (Lipinski definition) is 2. The number of carbonyl (C=O) groups excluding carboxylic acids is 2. The van der Waals surface area contributed by atoms with E-state index in [-0.39, 0.29) is 23.7 Å². The Morgan fingerprint density at radius 3 is 3.03 bits per heavy atom. The van der Waals surface area contributed by atoms with E-state index in [4.69, 9.17) is 16.1 Å². The first-order valence-electron chi connectivity index (χ1n) is 9.49. The minimum atomic E-state index is -0.178. The Morgan fingerprint density at radius 1 is 1.38 bits per heavy atom. The van der Waals surface area contributed by atoms with Crippen molar-refractivity contribution in [2.45, 2.75) is 25.4 Å². The Morgan fingerprint density at radius 2 is 2.24 bits per heavy atom. The third-order valence-electron chi connectivity index (χ3n) is 5.28. The molecule has 1 fully saturated rings. The Hall–Kier alpha value is -3.00. The summed E-state index contributed by atoms with van der Waals surface area (Å²) < 4.78 is 4.76. The van der Waals surface area contributed by atoms with Crippen LogP contribution in [0.25, 0.3) is 10.9 Å². The van der Waals surface area contributed by atoms with Crippen molar-refractivity contribution in [1.29, 1.82) is 0 Å². The summed E-state index contributed by atoms with van der Waals surface area (Å²) in [6.45, 7) is 1.50. The summed E-state index contributed by atoms with van der Waals surface area (Å²) in [4.78, 5) is 31.8. The maximum atomic E-state index is 12.6. The Kier molecular flexibility index (Phi) is 5.44. The SMILES string of the molecule is CN(C(=O)NCc1cc2cc(Cl)ccc2[nH]1)C1CCCN(C(=O)c2ccon2)C1. The topological polar surface area (TPSA) is 94.5 Å². The number of nitrogens with one attached hydrogen (secondary N) is 2. The van der Waals surface area contributed by atoms with Gasteiger partial charge in [-0.15, -0.1) is 0 Å². The third kappa shape index (κ3) is 4.22. The van der Waals surface area contributed by atoms with Crippen LogP contribution in [-0.2, 0) is 6.54 Å². The molecule has 3 heterocycles. The van der Waals surface area contributed by atoms with Crippen LogP contribution in [0.1, 0.15) is 29.0 Å². The molecule has 8 nitrogen and oxygen atoms in total. The van der Waals surface area contributed by atoms with Gasteiger partial charge in [-0.1, -0.05) is 16.8 Å². The predicted molar refractivity (Wildman–Crippen MR) is 109 cm³/mol. The van der Waals surface area contributed by atoms with Crippen molar-refractivity contribution < 1.29 is 14.1 Å². The van der Waals surface area contributed by atoms with E-state index < -0.39 is 0 Å². The molecule has 0 radical (unpaired) electrons. The smallest absolute Gasteiger partial charge is 0.317 e. The molecule has 1 aliphatic rings. The Labute approximate surface area is 172 Å². The lowest BCUT2D eigenvalue weighted by Crippen LogP contribution is -2.52. The summed E-state index contributed by atoms with van der Waals surface area (Å²) in [7, 11) is 1.76. The molecule has 4 rings (SSSR count). The van der Waals surface area contributed by atoms with Crippen molar-refractivity contribution in [3.05, 3.63) is 53.0 Å². The van der Waals surface area contributed by atoms with Gasteiger partial charge in [-0.25, -0.2) is 4.79 Å². The molecule has 3 aromatic rings. The predicted octanol–water partition coefficient (Wildman–Crippen LogP) is 3.26. The average Bonchev–Trinajstić information content (AvgIpc) is 3.40. The first kappa shape index (κ1) is 19.3. The van der Waals surface area contributed by atoms with E-state index in [1.54, 1.807) is 22.9 Å². The average molecular weight is 416 g/mol. The van der Waals surface area contributed by atoms with E-state index in [1.165, 1.54) is 6.26 Å². The molecule has 0 saturated carbocycles. The van der Waals surface area contributed by atoms with Crippen molar-refractivity contribution in [3.63, 3.8) is 0 Å². The first-order chi connectivity index (χ1) is 14.0. The molecule has 3 amide bonds. The van der Waals surface area contributed by atoms with Crippen molar-refractivity contribution >= 4 is 34.4 Å². The van der Waals surface area contributed by atoms with Crippen molar-refractivity contribution in [3.8, 4) is 0 Å². The van der Waals surface area contributed by atoms with Crippen LogP contribution in [0.3, 0.4) is 0 Å². The normalized spacial score (nSPS) is 16.8. The summed E-state index contributed by atoms with van der Waals surface area (Å²) >= 11 is 6.02. The zero-order chi connectivity index (χ0) is 20.4. The summed E-state index contributed by atoms with van der Waals surface area (Å²) in [6.07, 6.45) is 3.05. The highest BCUT2D eigenvalue weighted by Crippen LogP contribution is 2.20. The molecule has 1 saturated heterocycles. The number of rotatable bonds is 4. The first-order valence-corrected chi connectivity index (χ1v) is 9.86. The molecule has 0 aliphatic carbocycles. The van der Waals surface area contributed by atoms with Gasteiger partial charge in [-0.2, -0.15) is 0 Å². The Balaban J connectivity index is 1.34. The molecular weight excluding hydrogens is 394 g/mol. The molecule has 9 heteroatoms. The lowest BCUT2D eigenvalue weighted by Gasteiger charge is -2.37. The highest BCUT2D eigenvalue weighted by atomic mass is 35.5. The summed E-state index contributed by atoms with van der Waals surface area (Å²) in [5.41, 5.74) is 2.16. The van der Waals surface area contributed by atoms with E-state index in [2.05, 4.69) is 15.5 Å². The molecule has 1 atom stereocenters. The number of fused-ring (bicyclic) bond motifs is 1. The molecule has 2 aromatic heterocycles. The van der Waals surface area contributed by atoms with E-state index in [0.717, 1.165) is 29.4 Å². The monoisotopic (exact) mass is 415 g/mol. The van der Waals surface area contributed by atoms with E-state index in [9.17, 15) is 9.59 Å². The summed E-state index contributed by atoms with van der Waals surface area (Å²) in [5.74, 6) is -0.172. The number of halogens is 1. The number of piperidine rings is 1. The summed E-state index contributed by atoms with van der Waals surface area (Å²) in [6, 6.07) is 8.91. The molecule has 0 bridgehead atoms. The fourth-order valence-electron chi connectivity index (χ4n) is 3.66. The molecule has 152 valence electrons. The number of urea groups is 1.